The van der Waals surface area contributed by atoms with Crippen molar-refractivity contribution < 1.29 is 13.6 Å². The van der Waals surface area contributed by atoms with E-state index in [0.29, 0.717) is 13.2 Å². The lowest BCUT2D eigenvalue weighted by Gasteiger charge is -2.10. The zero-order chi connectivity index (χ0) is 8.74. The minimum atomic E-state index is -3.14. The Morgan fingerprint density at radius 3 is 2.18 bits per heavy atom. The van der Waals surface area contributed by atoms with Gasteiger partial charge < -0.3 is 9.05 Å². The van der Waals surface area contributed by atoms with Crippen molar-refractivity contribution in [3.05, 3.63) is 5.82 Å². The molecular formula is C6H12NO3P. The molecule has 0 aromatic heterocycles. The van der Waals surface area contributed by atoms with Crippen LogP contribution in [0.4, 0.5) is 0 Å². The summed E-state index contributed by atoms with van der Waals surface area (Å²) < 4.78 is 20.9. The van der Waals surface area contributed by atoms with Gasteiger partial charge in [0, 0.05) is 0 Å². The molecule has 0 aromatic rings. The molecule has 0 rings (SSSR count). The topological polar surface area (TPSA) is 59.4 Å². The van der Waals surface area contributed by atoms with E-state index in [0.717, 1.165) is 5.82 Å². The molecule has 0 aromatic carbocycles. The third kappa shape index (κ3) is 4.12. The van der Waals surface area contributed by atoms with Crippen molar-refractivity contribution >= 4 is 13.5 Å². The number of nitrogens with one attached hydrogen (secondary N) is 1. The number of hydrogen-bond acceptors (Lipinski definition) is 4. The monoisotopic (exact) mass is 177 g/mol. The van der Waals surface area contributed by atoms with Gasteiger partial charge in [-0.15, -0.1) is 0 Å². The highest BCUT2D eigenvalue weighted by Gasteiger charge is 2.18. The molecule has 1 N–H and O–H groups in total. The molecule has 0 atom stereocenters. The molecule has 64 valence electrons. The summed E-state index contributed by atoms with van der Waals surface area (Å²) in [5.74, 6) is 2.90. The minimum Gasteiger partial charge on any atom is -0.305 e. The molecule has 0 bridgehead atoms. The Bertz CT molecular complexity index is 188. The standard InChI is InChI=1S/C6H12NO3P/c1-3-9-11(8,6-5-7)10-4-2/h6-7H,3-4H2,1-2H3. The van der Waals surface area contributed by atoms with Gasteiger partial charge in [-0.3, -0.25) is 9.97 Å². The highest BCUT2D eigenvalue weighted by Crippen LogP contribution is 2.48. The van der Waals surface area contributed by atoms with Crippen LogP contribution in [0.25, 0.3) is 0 Å². The molecule has 0 saturated heterocycles. The van der Waals surface area contributed by atoms with Gasteiger partial charge in [-0.2, -0.15) is 0 Å². The summed E-state index contributed by atoms with van der Waals surface area (Å²) in [6.07, 6.45) is 0. The largest absolute Gasteiger partial charge is 0.363 e. The summed E-state index contributed by atoms with van der Waals surface area (Å²) in [6, 6.07) is 0. The van der Waals surface area contributed by atoms with Crippen molar-refractivity contribution in [1.82, 2.24) is 0 Å². The summed E-state index contributed by atoms with van der Waals surface area (Å²) in [4.78, 5) is 0. The maximum Gasteiger partial charge on any atom is 0.363 e. The van der Waals surface area contributed by atoms with Crippen molar-refractivity contribution in [2.45, 2.75) is 13.8 Å². The minimum absolute atomic E-state index is 0.301. The first-order valence-corrected chi connectivity index (χ1v) is 4.95. The van der Waals surface area contributed by atoms with E-state index in [1.807, 2.05) is 5.87 Å². The fraction of sp³-hybridized carbons (Fsp3) is 0.667. The van der Waals surface area contributed by atoms with Crippen LogP contribution in [-0.2, 0) is 13.6 Å². The van der Waals surface area contributed by atoms with Crippen LogP contribution >= 0.6 is 7.60 Å². The first-order chi connectivity index (χ1) is 5.18. The highest BCUT2D eigenvalue weighted by atomic mass is 31.2. The molecule has 0 heterocycles. The van der Waals surface area contributed by atoms with Crippen LogP contribution in [0.2, 0.25) is 0 Å². The van der Waals surface area contributed by atoms with Gasteiger partial charge in [-0.05, 0) is 19.7 Å². The normalized spacial score (nSPS) is 10.7. The van der Waals surface area contributed by atoms with E-state index in [1.54, 1.807) is 13.8 Å². The average molecular weight is 177 g/mol. The van der Waals surface area contributed by atoms with Gasteiger partial charge in [0.25, 0.3) is 0 Å². The van der Waals surface area contributed by atoms with Crippen LogP contribution in [0, 0.1) is 5.41 Å². The number of rotatable bonds is 5. The predicted molar refractivity (Wildman–Crippen MR) is 43.2 cm³/mol. The van der Waals surface area contributed by atoms with E-state index < -0.39 is 7.60 Å². The van der Waals surface area contributed by atoms with Crippen molar-refractivity contribution in [1.29, 1.82) is 5.41 Å². The van der Waals surface area contributed by atoms with E-state index in [9.17, 15) is 4.57 Å². The molecule has 0 amide bonds. The van der Waals surface area contributed by atoms with Crippen molar-refractivity contribution in [3.63, 3.8) is 0 Å². The first-order valence-electron chi connectivity index (χ1n) is 3.34. The fourth-order valence-corrected chi connectivity index (χ4v) is 1.65. The van der Waals surface area contributed by atoms with Gasteiger partial charge in [-0.25, -0.2) is 0 Å². The van der Waals surface area contributed by atoms with Gasteiger partial charge in [0.2, 0.25) is 0 Å². The van der Waals surface area contributed by atoms with Gasteiger partial charge in [-0.1, -0.05) is 0 Å². The zero-order valence-corrected chi connectivity index (χ0v) is 7.56. The molecule has 11 heavy (non-hydrogen) atoms. The second kappa shape index (κ2) is 5.28. The maximum atomic E-state index is 11.3. The van der Waals surface area contributed by atoms with Crippen LogP contribution in [-0.4, -0.2) is 19.1 Å². The summed E-state index contributed by atoms with van der Waals surface area (Å²) in [5.41, 5.74) is 0. The SMILES string of the molecule is CCOP(=O)(C=C=N)OCC. The molecule has 0 aliphatic rings. The lowest BCUT2D eigenvalue weighted by Crippen LogP contribution is -1.92. The Hall–Kier alpha value is -0.400. The van der Waals surface area contributed by atoms with Crippen LogP contribution in [0.1, 0.15) is 13.8 Å². The molecule has 0 aliphatic heterocycles. The van der Waals surface area contributed by atoms with Crippen molar-refractivity contribution in [2.75, 3.05) is 13.2 Å². The molecule has 0 saturated carbocycles. The second-order valence-electron chi connectivity index (χ2n) is 1.65. The van der Waals surface area contributed by atoms with Crippen molar-refractivity contribution in [3.8, 4) is 0 Å². The lowest BCUT2D eigenvalue weighted by atomic mass is 10.9. The zero-order valence-electron chi connectivity index (χ0n) is 6.66. The van der Waals surface area contributed by atoms with Gasteiger partial charge in [0.15, 0.2) is 0 Å². The van der Waals surface area contributed by atoms with Gasteiger partial charge >= 0.3 is 7.60 Å². The molecule has 4 nitrogen and oxygen atoms in total. The third-order valence-electron chi connectivity index (χ3n) is 0.841. The number of hydrogen-bond donors (Lipinski definition) is 1. The first kappa shape index (κ1) is 10.6. The van der Waals surface area contributed by atoms with Crippen LogP contribution in [0.3, 0.4) is 0 Å². The second-order valence-corrected chi connectivity index (χ2v) is 3.50. The van der Waals surface area contributed by atoms with E-state index >= 15 is 0 Å². The molecule has 0 fully saturated rings. The maximum absolute atomic E-state index is 11.3. The molecule has 0 radical (unpaired) electrons. The van der Waals surface area contributed by atoms with Crippen LogP contribution in [0.15, 0.2) is 5.82 Å². The third-order valence-corrected chi connectivity index (χ3v) is 2.52. The van der Waals surface area contributed by atoms with Gasteiger partial charge in [0.05, 0.1) is 19.0 Å². The van der Waals surface area contributed by atoms with E-state index in [-0.39, 0.29) is 0 Å². The summed E-state index contributed by atoms with van der Waals surface area (Å²) >= 11 is 0. The average Bonchev–Trinajstić information content (AvgIpc) is 1.88. The fourth-order valence-electron chi connectivity index (χ4n) is 0.551. The Morgan fingerprint density at radius 2 is 1.91 bits per heavy atom. The lowest BCUT2D eigenvalue weighted by molar-refractivity contribution is 0.229. The Morgan fingerprint density at radius 1 is 1.45 bits per heavy atom. The summed E-state index contributed by atoms with van der Waals surface area (Å²) in [7, 11) is -3.14. The molecule has 0 unspecified atom stereocenters. The van der Waals surface area contributed by atoms with E-state index in [1.165, 1.54) is 0 Å². The van der Waals surface area contributed by atoms with Gasteiger partial charge in [0.1, 0.15) is 0 Å². The predicted octanol–water partition coefficient (Wildman–Crippen LogP) is 2.01. The Kier molecular flexibility index (Phi) is 5.08. The summed E-state index contributed by atoms with van der Waals surface area (Å²) in [6.45, 7) is 4.03. The van der Waals surface area contributed by atoms with Crippen molar-refractivity contribution in [2.24, 2.45) is 0 Å². The van der Waals surface area contributed by atoms with E-state index in [2.05, 4.69) is 0 Å². The van der Waals surface area contributed by atoms with Crippen LogP contribution < -0.4 is 0 Å². The van der Waals surface area contributed by atoms with E-state index in [4.69, 9.17) is 14.5 Å². The quantitative estimate of drug-likeness (QED) is 0.516. The van der Waals surface area contributed by atoms with Crippen LogP contribution in [0.5, 0.6) is 0 Å². The smallest absolute Gasteiger partial charge is 0.305 e. The highest BCUT2D eigenvalue weighted by molar-refractivity contribution is 7.57. The Labute approximate surface area is 66.2 Å². The molecule has 0 aliphatic carbocycles. The molecular weight excluding hydrogens is 165 g/mol. The Balaban J connectivity index is 4.25. The molecule has 0 spiro atoms. The molecule has 5 heteroatoms. The summed E-state index contributed by atoms with van der Waals surface area (Å²) in [5, 5.41) is 6.58.